The molecule has 0 amide bonds. The van der Waals surface area contributed by atoms with Crippen LogP contribution in [0.4, 0.5) is 0 Å². The summed E-state index contributed by atoms with van der Waals surface area (Å²) in [6, 6.07) is 8.34. The quantitative estimate of drug-likeness (QED) is 0.591. The molecule has 2 nitrogen and oxygen atoms in total. The number of hydrogen-bond acceptors (Lipinski definition) is 2. The van der Waals surface area contributed by atoms with Crippen LogP contribution in [0.25, 0.3) is 0 Å². The van der Waals surface area contributed by atoms with Gasteiger partial charge in [-0.3, -0.25) is 11.3 Å². The van der Waals surface area contributed by atoms with Gasteiger partial charge in [-0.1, -0.05) is 42.6 Å². The molecular formula is C13H19ClN2. The van der Waals surface area contributed by atoms with Gasteiger partial charge in [0.05, 0.1) is 0 Å². The molecule has 88 valence electrons. The van der Waals surface area contributed by atoms with Gasteiger partial charge in [0.1, 0.15) is 0 Å². The van der Waals surface area contributed by atoms with Crippen molar-refractivity contribution in [2.75, 3.05) is 0 Å². The van der Waals surface area contributed by atoms with E-state index in [-0.39, 0.29) is 0 Å². The fourth-order valence-corrected chi connectivity index (χ4v) is 2.23. The Morgan fingerprint density at radius 2 is 2.12 bits per heavy atom. The van der Waals surface area contributed by atoms with Gasteiger partial charge in [0.15, 0.2) is 0 Å². The van der Waals surface area contributed by atoms with Crippen molar-refractivity contribution in [3.63, 3.8) is 0 Å². The molecule has 3 N–H and O–H groups in total. The highest BCUT2D eigenvalue weighted by atomic mass is 35.5. The Hall–Kier alpha value is -0.570. The molecule has 0 heterocycles. The normalized spacial score (nSPS) is 17.4. The topological polar surface area (TPSA) is 38.0 Å². The molecule has 1 aliphatic rings. The van der Waals surface area contributed by atoms with E-state index in [1.807, 2.05) is 18.2 Å². The number of rotatable bonds is 6. The van der Waals surface area contributed by atoms with Crippen molar-refractivity contribution in [2.24, 2.45) is 11.8 Å². The molecule has 0 aromatic heterocycles. The molecule has 0 radical (unpaired) electrons. The van der Waals surface area contributed by atoms with E-state index in [4.69, 9.17) is 17.4 Å². The van der Waals surface area contributed by atoms with Crippen LogP contribution in [0.2, 0.25) is 5.02 Å². The van der Waals surface area contributed by atoms with Crippen molar-refractivity contribution < 1.29 is 0 Å². The van der Waals surface area contributed by atoms with Gasteiger partial charge in [0.25, 0.3) is 0 Å². The molecule has 1 aliphatic carbocycles. The van der Waals surface area contributed by atoms with Crippen molar-refractivity contribution >= 4 is 11.6 Å². The highest BCUT2D eigenvalue weighted by Gasteiger charge is 2.22. The lowest BCUT2D eigenvalue weighted by atomic mass is 10.0. The zero-order valence-corrected chi connectivity index (χ0v) is 10.2. The molecule has 1 fully saturated rings. The summed E-state index contributed by atoms with van der Waals surface area (Å²) in [6.45, 7) is 0. The summed E-state index contributed by atoms with van der Waals surface area (Å²) in [5, 5.41) is 0.842. The van der Waals surface area contributed by atoms with Gasteiger partial charge < -0.3 is 0 Å². The van der Waals surface area contributed by atoms with Crippen LogP contribution in [0, 0.1) is 5.92 Å². The Bertz CT molecular complexity index is 336. The van der Waals surface area contributed by atoms with Gasteiger partial charge >= 0.3 is 0 Å². The maximum Gasteiger partial charge on any atom is 0.0438 e. The highest BCUT2D eigenvalue weighted by Crippen LogP contribution is 2.34. The first kappa shape index (κ1) is 11.9. The van der Waals surface area contributed by atoms with Crippen molar-refractivity contribution in [1.29, 1.82) is 0 Å². The maximum absolute atomic E-state index is 6.13. The van der Waals surface area contributed by atoms with Crippen LogP contribution in [0.15, 0.2) is 24.3 Å². The Kier molecular flexibility index (Phi) is 4.22. The number of nitrogens with one attached hydrogen (secondary N) is 1. The number of hydrogen-bond donors (Lipinski definition) is 2. The minimum absolute atomic E-state index is 0.348. The Labute approximate surface area is 102 Å². The fourth-order valence-electron chi connectivity index (χ4n) is 2.02. The maximum atomic E-state index is 6.13. The van der Waals surface area contributed by atoms with Crippen LogP contribution in [-0.4, -0.2) is 6.04 Å². The second-order valence-corrected chi connectivity index (χ2v) is 5.09. The van der Waals surface area contributed by atoms with Crippen molar-refractivity contribution in [2.45, 2.75) is 38.1 Å². The summed E-state index contributed by atoms with van der Waals surface area (Å²) >= 11 is 6.13. The second-order valence-electron chi connectivity index (χ2n) is 4.68. The van der Waals surface area contributed by atoms with E-state index in [1.165, 1.54) is 24.8 Å². The number of hydrazine groups is 1. The third-order valence-corrected chi connectivity index (χ3v) is 3.65. The Morgan fingerprint density at radius 1 is 1.38 bits per heavy atom. The summed E-state index contributed by atoms with van der Waals surface area (Å²) in [5.74, 6) is 6.54. The Morgan fingerprint density at radius 3 is 2.75 bits per heavy atom. The zero-order valence-electron chi connectivity index (χ0n) is 9.45. The molecule has 0 spiro atoms. The van der Waals surface area contributed by atoms with Gasteiger partial charge in [-0.05, 0) is 36.8 Å². The number of nitrogens with two attached hydrogens (primary N) is 1. The summed E-state index contributed by atoms with van der Waals surface area (Å²) in [4.78, 5) is 0. The molecule has 1 aromatic carbocycles. The molecule has 1 atom stereocenters. The number of benzene rings is 1. The first-order valence-corrected chi connectivity index (χ1v) is 6.37. The highest BCUT2D eigenvalue weighted by molar-refractivity contribution is 6.31. The van der Waals surface area contributed by atoms with Gasteiger partial charge in [0.2, 0.25) is 0 Å². The van der Waals surface area contributed by atoms with Gasteiger partial charge in [-0.2, -0.15) is 0 Å². The molecule has 0 bridgehead atoms. The van der Waals surface area contributed by atoms with E-state index in [1.54, 1.807) is 0 Å². The van der Waals surface area contributed by atoms with E-state index >= 15 is 0 Å². The molecule has 1 aromatic rings. The van der Waals surface area contributed by atoms with E-state index in [2.05, 4.69) is 11.5 Å². The van der Waals surface area contributed by atoms with E-state index in [0.717, 1.165) is 23.8 Å². The van der Waals surface area contributed by atoms with Crippen LogP contribution in [0.1, 0.15) is 31.2 Å². The average Bonchev–Trinajstić information content (AvgIpc) is 3.10. The zero-order chi connectivity index (χ0) is 11.4. The van der Waals surface area contributed by atoms with Crippen LogP contribution >= 0.6 is 11.6 Å². The fraction of sp³-hybridized carbons (Fsp3) is 0.538. The third-order valence-electron chi connectivity index (χ3n) is 3.28. The molecule has 0 saturated heterocycles. The lowest BCUT2D eigenvalue weighted by molar-refractivity contribution is 0.462. The Balaban J connectivity index is 1.87. The van der Waals surface area contributed by atoms with Crippen LogP contribution in [0.5, 0.6) is 0 Å². The molecule has 16 heavy (non-hydrogen) atoms. The minimum Gasteiger partial charge on any atom is -0.271 e. The van der Waals surface area contributed by atoms with Crippen LogP contribution in [-0.2, 0) is 6.42 Å². The summed E-state index contributed by atoms with van der Waals surface area (Å²) < 4.78 is 0. The van der Waals surface area contributed by atoms with Crippen molar-refractivity contribution in [1.82, 2.24) is 5.43 Å². The predicted molar refractivity (Wildman–Crippen MR) is 68.2 cm³/mol. The standard InChI is InChI=1S/C13H19ClN2/c14-13-4-2-1-3-11(13)9-12(16-15)8-7-10-5-6-10/h1-4,10,12,16H,5-9,15H2. The van der Waals surface area contributed by atoms with Crippen molar-refractivity contribution in [3.05, 3.63) is 34.9 Å². The average molecular weight is 239 g/mol. The molecule has 0 aliphatic heterocycles. The SMILES string of the molecule is NNC(CCC1CC1)Cc1ccccc1Cl. The van der Waals surface area contributed by atoms with E-state index in [9.17, 15) is 0 Å². The summed E-state index contributed by atoms with van der Waals surface area (Å²) in [7, 11) is 0. The summed E-state index contributed by atoms with van der Waals surface area (Å²) in [5.41, 5.74) is 4.09. The predicted octanol–water partition coefficient (Wildman–Crippen LogP) is 2.90. The van der Waals surface area contributed by atoms with Crippen LogP contribution in [0.3, 0.4) is 0 Å². The lowest BCUT2D eigenvalue weighted by Crippen LogP contribution is -2.36. The van der Waals surface area contributed by atoms with Crippen LogP contribution < -0.4 is 11.3 Å². The second kappa shape index (κ2) is 5.67. The van der Waals surface area contributed by atoms with Gasteiger partial charge in [0, 0.05) is 11.1 Å². The largest absolute Gasteiger partial charge is 0.271 e. The minimum atomic E-state index is 0.348. The smallest absolute Gasteiger partial charge is 0.0438 e. The molecule has 1 unspecified atom stereocenters. The summed E-state index contributed by atoms with van der Waals surface area (Å²) in [6.07, 6.45) is 6.17. The molecule has 3 heteroatoms. The number of halogens is 1. The first-order chi connectivity index (χ1) is 7.79. The monoisotopic (exact) mass is 238 g/mol. The van der Waals surface area contributed by atoms with E-state index < -0.39 is 0 Å². The molecule has 1 saturated carbocycles. The van der Waals surface area contributed by atoms with Gasteiger partial charge in [-0.15, -0.1) is 0 Å². The van der Waals surface area contributed by atoms with E-state index in [0.29, 0.717) is 6.04 Å². The third kappa shape index (κ3) is 3.48. The molecule has 2 rings (SSSR count). The lowest BCUT2D eigenvalue weighted by Gasteiger charge is -2.16. The molecular weight excluding hydrogens is 220 g/mol. The van der Waals surface area contributed by atoms with Gasteiger partial charge in [-0.25, -0.2) is 0 Å². The first-order valence-electron chi connectivity index (χ1n) is 5.99. The van der Waals surface area contributed by atoms with Crippen molar-refractivity contribution in [3.8, 4) is 0 Å².